The molecule has 0 aliphatic heterocycles. The van der Waals surface area contributed by atoms with Crippen molar-refractivity contribution in [3.8, 4) is 0 Å². The van der Waals surface area contributed by atoms with Gasteiger partial charge in [0.05, 0.1) is 5.69 Å². The average molecular weight is 190 g/mol. The Balaban J connectivity index is 2.46. The van der Waals surface area contributed by atoms with Crippen molar-refractivity contribution in [2.75, 3.05) is 5.32 Å². The number of nitrogens with one attached hydrogen (secondary N) is 1. The average Bonchev–Trinajstić information content (AvgIpc) is 2.49. The SMILES string of the molecule is CC(C)(C)Nc1cccc2ocnc12. The minimum Gasteiger partial charge on any atom is -0.443 e. The third-order valence-electron chi connectivity index (χ3n) is 1.87. The second kappa shape index (κ2) is 3.01. The third kappa shape index (κ3) is 1.71. The molecule has 0 aliphatic rings. The molecule has 0 saturated heterocycles. The lowest BCUT2D eigenvalue weighted by atomic mass is 10.1. The van der Waals surface area contributed by atoms with Crippen LogP contribution in [-0.4, -0.2) is 10.5 Å². The van der Waals surface area contributed by atoms with Crippen molar-refractivity contribution in [2.24, 2.45) is 0 Å². The van der Waals surface area contributed by atoms with Gasteiger partial charge in [-0.05, 0) is 32.9 Å². The topological polar surface area (TPSA) is 38.1 Å². The molecule has 1 aromatic carbocycles. The molecule has 0 fully saturated rings. The summed E-state index contributed by atoms with van der Waals surface area (Å²) in [5, 5.41) is 3.39. The summed E-state index contributed by atoms with van der Waals surface area (Å²) in [6, 6.07) is 5.88. The van der Waals surface area contributed by atoms with Crippen LogP contribution in [0.15, 0.2) is 29.0 Å². The Morgan fingerprint density at radius 3 is 2.79 bits per heavy atom. The molecule has 1 aromatic heterocycles. The molecule has 0 spiro atoms. The number of benzene rings is 1. The molecular formula is C11H14N2O. The quantitative estimate of drug-likeness (QED) is 0.751. The van der Waals surface area contributed by atoms with E-state index in [1.165, 1.54) is 6.39 Å². The summed E-state index contributed by atoms with van der Waals surface area (Å²) in [6.45, 7) is 6.35. The monoisotopic (exact) mass is 190 g/mol. The van der Waals surface area contributed by atoms with E-state index >= 15 is 0 Å². The number of rotatable bonds is 1. The van der Waals surface area contributed by atoms with Crippen LogP contribution in [0.1, 0.15) is 20.8 Å². The lowest BCUT2D eigenvalue weighted by Gasteiger charge is -2.22. The van der Waals surface area contributed by atoms with Gasteiger partial charge in [0.1, 0.15) is 5.52 Å². The minimum atomic E-state index is 0.0350. The highest BCUT2D eigenvalue weighted by Gasteiger charge is 2.12. The Kier molecular flexibility index (Phi) is 1.95. The van der Waals surface area contributed by atoms with Gasteiger partial charge in [-0.3, -0.25) is 0 Å². The van der Waals surface area contributed by atoms with Crippen molar-refractivity contribution in [1.29, 1.82) is 0 Å². The molecule has 1 N–H and O–H groups in total. The highest BCUT2D eigenvalue weighted by molar-refractivity contribution is 5.86. The van der Waals surface area contributed by atoms with E-state index in [2.05, 4.69) is 31.1 Å². The molecule has 0 saturated carbocycles. The van der Waals surface area contributed by atoms with Crippen molar-refractivity contribution in [1.82, 2.24) is 4.98 Å². The van der Waals surface area contributed by atoms with Gasteiger partial charge >= 0.3 is 0 Å². The maximum Gasteiger partial charge on any atom is 0.182 e. The summed E-state index contributed by atoms with van der Waals surface area (Å²) < 4.78 is 5.22. The molecule has 74 valence electrons. The first-order valence-corrected chi connectivity index (χ1v) is 4.67. The number of nitrogens with zero attached hydrogens (tertiary/aromatic N) is 1. The number of hydrogen-bond acceptors (Lipinski definition) is 3. The van der Waals surface area contributed by atoms with E-state index < -0.39 is 0 Å². The minimum absolute atomic E-state index is 0.0350. The maximum absolute atomic E-state index is 5.22. The van der Waals surface area contributed by atoms with Crippen LogP contribution in [-0.2, 0) is 0 Å². The highest BCUT2D eigenvalue weighted by Crippen LogP contribution is 2.24. The predicted molar refractivity (Wildman–Crippen MR) is 57.4 cm³/mol. The molecular weight excluding hydrogens is 176 g/mol. The number of anilines is 1. The smallest absolute Gasteiger partial charge is 0.182 e. The second-order valence-corrected chi connectivity index (χ2v) is 4.38. The normalized spacial score (nSPS) is 11.9. The first-order valence-electron chi connectivity index (χ1n) is 4.67. The second-order valence-electron chi connectivity index (χ2n) is 4.38. The number of fused-ring (bicyclic) bond motifs is 1. The van der Waals surface area contributed by atoms with E-state index in [1.54, 1.807) is 0 Å². The molecule has 3 nitrogen and oxygen atoms in total. The Morgan fingerprint density at radius 1 is 1.29 bits per heavy atom. The van der Waals surface area contributed by atoms with Gasteiger partial charge in [-0.15, -0.1) is 0 Å². The van der Waals surface area contributed by atoms with Crippen molar-refractivity contribution in [2.45, 2.75) is 26.3 Å². The van der Waals surface area contributed by atoms with E-state index in [9.17, 15) is 0 Å². The summed E-state index contributed by atoms with van der Waals surface area (Å²) >= 11 is 0. The lowest BCUT2D eigenvalue weighted by molar-refractivity contribution is 0.602. The zero-order valence-corrected chi connectivity index (χ0v) is 8.66. The van der Waals surface area contributed by atoms with E-state index in [4.69, 9.17) is 4.42 Å². The van der Waals surface area contributed by atoms with Crippen LogP contribution in [0.2, 0.25) is 0 Å². The largest absolute Gasteiger partial charge is 0.443 e. The van der Waals surface area contributed by atoms with Crippen LogP contribution in [0.3, 0.4) is 0 Å². The molecule has 0 unspecified atom stereocenters. The number of aromatic nitrogens is 1. The first-order chi connectivity index (χ1) is 6.56. The van der Waals surface area contributed by atoms with Gasteiger partial charge in [0.2, 0.25) is 0 Å². The van der Waals surface area contributed by atoms with Crippen LogP contribution in [0.5, 0.6) is 0 Å². The van der Waals surface area contributed by atoms with Crippen molar-refractivity contribution in [3.63, 3.8) is 0 Å². The number of para-hydroxylation sites is 1. The number of oxazole rings is 1. The molecule has 2 rings (SSSR count). The fraction of sp³-hybridized carbons (Fsp3) is 0.364. The van der Waals surface area contributed by atoms with Gasteiger partial charge in [-0.1, -0.05) is 6.07 Å². The van der Waals surface area contributed by atoms with Gasteiger partial charge in [-0.2, -0.15) is 0 Å². The molecule has 0 bridgehead atoms. The fourth-order valence-corrected chi connectivity index (χ4v) is 1.39. The zero-order chi connectivity index (χ0) is 10.2. The van der Waals surface area contributed by atoms with Gasteiger partial charge in [0.25, 0.3) is 0 Å². The molecule has 0 amide bonds. The third-order valence-corrected chi connectivity index (χ3v) is 1.87. The Labute approximate surface area is 83.1 Å². The van der Waals surface area contributed by atoms with Crippen LogP contribution in [0.4, 0.5) is 5.69 Å². The predicted octanol–water partition coefficient (Wildman–Crippen LogP) is 3.04. The molecule has 0 radical (unpaired) electrons. The van der Waals surface area contributed by atoms with Gasteiger partial charge < -0.3 is 9.73 Å². The molecule has 1 heterocycles. The molecule has 3 heteroatoms. The van der Waals surface area contributed by atoms with Crippen molar-refractivity contribution in [3.05, 3.63) is 24.6 Å². The molecule has 0 atom stereocenters. The van der Waals surface area contributed by atoms with E-state index in [-0.39, 0.29) is 5.54 Å². The standard InChI is InChI=1S/C11H14N2O/c1-11(2,3)13-8-5-4-6-9-10(8)12-7-14-9/h4-7,13H,1-3H3. The summed E-state index contributed by atoms with van der Waals surface area (Å²) in [4.78, 5) is 4.17. The van der Waals surface area contributed by atoms with Gasteiger partial charge in [-0.25, -0.2) is 4.98 Å². The van der Waals surface area contributed by atoms with Crippen molar-refractivity contribution < 1.29 is 4.42 Å². The first kappa shape index (κ1) is 9.06. The van der Waals surface area contributed by atoms with Gasteiger partial charge in [0.15, 0.2) is 12.0 Å². The van der Waals surface area contributed by atoms with Crippen LogP contribution in [0.25, 0.3) is 11.1 Å². The van der Waals surface area contributed by atoms with Crippen molar-refractivity contribution >= 4 is 16.8 Å². The highest BCUT2D eigenvalue weighted by atomic mass is 16.3. The molecule has 2 aromatic rings. The summed E-state index contributed by atoms with van der Waals surface area (Å²) in [5.74, 6) is 0. The fourth-order valence-electron chi connectivity index (χ4n) is 1.39. The van der Waals surface area contributed by atoms with Crippen LogP contribution in [0, 0.1) is 0 Å². The molecule has 0 aliphatic carbocycles. The Bertz CT molecular complexity index is 440. The Hall–Kier alpha value is -1.51. The van der Waals surface area contributed by atoms with E-state index in [0.717, 1.165) is 16.8 Å². The number of hydrogen-bond donors (Lipinski definition) is 1. The summed E-state index contributed by atoms with van der Waals surface area (Å²) in [7, 11) is 0. The zero-order valence-electron chi connectivity index (χ0n) is 8.66. The summed E-state index contributed by atoms with van der Waals surface area (Å²) in [6.07, 6.45) is 1.47. The Morgan fingerprint density at radius 2 is 2.07 bits per heavy atom. The maximum atomic E-state index is 5.22. The lowest BCUT2D eigenvalue weighted by Crippen LogP contribution is -2.26. The van der Waals surface area contributed by atoms with E-state index in [1.807, 2.05) is 18.2 Å². The van der Waals surface area contributed by atoms with Crippen LogP contribution < -0.4 is 5.32 Å². The van der Waals surface area contributed by atoms with Gasteiger partial charge in [0, 0.05) is 5.54 Å². The molecule has 14 heavy (non-hydrogen) atoms. The van der Waals surface area contributed by atoms with E-state index in [0.29, 0.717) is 0 Å². The summed E-state index contributed by atoms with van der Waals surface area (Å²) in [5.41, 5.74) is 2.76. The van der Waals surface area contributed by atoms with Crippen LogP contribution >= 0.6 is 0 Å².